The number of benzene rings is 1. The molecule has 0 fully saturated rings. The maximum absolute atomic E-state index is 13.3. The Morgan fingerprint density at radius 2 is 1.90 bits per heavy atom. The maximum atomic E-state index is 13.3. The number of aromatic nitrogens is 3. The van der Waals surface area contributed by atoms with E-state index in [0.29, 0.717) is 18.0 Å². The fourth-order valence-electron chi connectivity index (χ4n) is 3.50. The van der Waals surface area contributed by atoms with Crippen molar-refractivity contribution in [3.8, 4) is 11.1 Å². The van der Waals surface area contributed by atoms with Crippen molar-refractivity contribution in [2.45, 2.75) is 33.7 Å². The van der Waals surface area contributed by atoms with Crippen LogP contribution in [-0.4, -0.2) is 20.5 Å². The Labute approximate surface area is 167 Å². The molecule has 1 amide bonds. The number of carbonyl (C=O) groups excluding carboxylic acids is 1. The van der Waals surface area contributed by atoms with Crippen LogP contribution in [0.5, 0.6) is 0 Å². The van der Waals surface area contributed by atoms with E-state index in [4.69, 9.17) is 9.40 Å². The summed E-state index contributed by atoms with van der Waals surface area (Å²) in [7, 11) is 0. The quantitative estimate of drug-likeness (QED) is 0.559. The van der Waals surface area contributed by atoms with Crippen molar-refractivity contribution >= 4 is 11.6 Å². The molecule has 3 aromatic heterocycles. The van der Waals surface area contributed by atoms with Crippen LogP contribution in [0.25, 0.3) is 16.8 Å². The van der Waals surface area contributed by atoms with Crippen molar-refractivity contribution in [2.24, 2.45) is 0 Å². The lowest BCUT2D eigenvalue weighted by Crippen LogP contribution is -2.25. The summed E-state index contributed by atoms with van der Waals surface area (Å²) in [5, 5.41) is 7.48. The summed E-state index contributed by atoms with van der Waals surface area (Å²) in [5.41, 5.74) is 5.68. The van der Waals surface area contributed by atoms with Crippen LogP contribution in [0.15, 0.2) is 47.1 Å². The number of carbonyl (C=O) groups is 1. The van der Waals surface area contributed by atoms with Crippen LogP contribution in [0.1, 0.15) is 28.4 Å². The molecule has 0 saturated carbocycles. The third kappa shape index (κ3) is 3.63. The fraction of sp³-hybridized carbons (Fsp3) is 0.227. The lowest BCUT2D eigenvalue weighted by molar-refractivity contribution is -0.120. The van der Waals surface area contributed by atoms with E-state index in [-0.39, 0.29) is 18.1 Å². The minimum atomic E-state index is -0.286. The third-order valence-corrected chi connectivity index (χ3v) is 5.01. The Kier molecular flexibility index (Phi) is 4.88. The normalized spacial score (nSPS) is 11.2. The number of nitrogens with zero attached hydrogens (tertiary/aromatic N) is 3. The number of hydrogen-bond acceptors (Lipinski definition) is 4. The number of aryl methyl sites for hydroxylation is 3. The Bertz CT molecular complexity index is 1180. The van der Waals surface area contributed by atoms with E-state index >= 15 is 0 Å². The van der Waals surface area contributed by atoms with Crippen LogP contribution < -0.4 is 5.32 Å². The van der Waals surface area contributed by atoms with Crippen molar-refractivity contribution in [1.29, 1.82) is 0 Å². The molecule has 6 nitrogen and oxygen atoms in total. The molecule has 0 bridgehead atoms. The van der Waals surface area contributed by atoms with Gasteiger partial charge in [0.25, 0.3) is 0 Å². The van der Waals surface area contributed by atoms with Gasteiger partial charge < -0.3 is 9.73 Å². The molecule has 1 N–H and O–H groups in total. The summed E-state index contributed by atoms with van der Waals surface area (Å²) in [6, 6.07) is 9.90. The number of furan rings is 1. The summed E-state index contributed by atoms with van der Waals surface area (Å²) >= 11 is 0. The van der Waals surface area contributed by atoms with E-state index in [1.54, 1.807) is 29.0 Å². The molecule has 7 heteroatoms. The van der Waals surface area contributed by atoms with Gasteiger partial charge in [0.2, 0.25) is 5.91 Å². The van der Waals surface area contributed by atoms with E-state index in [2.05, 4.69) is 10.4 Å². The molecule has 0 aliphatic carbocycles. The lowest BCUT2D eigenvalue weighted by Gasteiger charge is -2.11. The summed E-state index contributed by atoms with van der Waals surface area (Å²) in [5.74, 6) is 0.300. The Balaban J connectivity index is 1.66. The molecule has 0 aliphatic heterocycles. The minimum absolute atomic E-state index is 0.114. The molecular formula is C22H21FN4O2. The van der Waals surface area contributed by atoms with Gasteiger partial charge in [0, 0.05) is 22.5 Å². The van der Waals surface area contributed by atoms with Crippen molar-refractivity contribution < 1.29 is 13.6 Å². The van der Waals surface area contributed by atoms with Gasteiger partial charge in [-0.25, -0.2) is 13.9 Å². The van der Waals surface area contributed by atoms with E-state index < -0.39 is 0 Å². The Hall–Kier alpha value is -3.48. The predicted molar refractivity (Wildman–Crippen MR) is 107 cm³/mol. The summed E-state index contributed by atoms with van der Waals surface area (Å²) in [6.45, 7) is 6.06. The SMILES string of the molecule is Cc1nc2c(-c3ccc(F)cc3)c(C)nn2c(C)c1CC(=O)NCc1ccco1. The maximum Gasteiger partial charge on any atom is 0.224 e. The molecule has 0 spiro atoms. The first kappa shape index (κ1) is 18.9. The monoisotopic (exact) mass is 392 g/mol. The Morgan fingerprint density at radius 1 is 1.14 bits per heavy atom. The highest BCUT2D eigenvalue weighted by molar-refractivity contribution is 5.82. The van der Waals surface area contributed by atoms with E-state index in [9.17, 15) is 9.18 Å². The lowest BCUT2D eigenvalue weighted by atomic mass is 10.0. The second-order valence-corrected chi connectivity index (χ2v) is 7.00. The van der Waals surface area contributed by atoms with Gasteiger partial charge in [-0.3, -0.25) is 4.79 Å². The van der Waals surface area contributed by atoms with Gasteiger partial charge in [0.05, 0.1) is 24.9 Å². The third-order valence-electron chi connectivity index (χ3n) is 5.01. The summed E-state index contributed by atoms with van der Waals surface area (Å²) in [6.07, 6.45) is 1.78. The van der Waals surface area contributed by atoms with Crippen LogP contribution in [0, 0.1) is 26.6 Å². The second kappa shape index (κ2) is 7.50. The Morgan fingerprint density at radius 3 is 2.59 bits per heavy atom. The van der Waals surface area contributed by atoms with Crippen molar-refractivity contribution in [2.75, 3.05) is 0 Å². The van der Waals surface area contributed by atoms with Crippen LogP contribution in [0.3, 0.4) is 0 Å². The van der Waals surface area contributed by atoms with Gasteiger partial charge in [-0.15, -0.1) is 0 Å². The predicted octanol–water partition coefficient (Wildman–Crippen LogP) is 3.91. The van der Waals surface area contributed by atoms with Crippen molar-refractivity contribution in [3.63, 3.8) is 0 Å². The molecule has 4 aromatic rings. The van der Waals surface area contributed by atoms with Gasteiger partial charge in [-0.2, -0.15) is 5.10 Å². The van der Waals surface area contributed by atoms with E-state index in [1.807, 2.05) is 26.8 Å². The molecule has 0 atom stereocenters. The highest BCUT2D eigenvalue weighted by Crippen LogP contribution is 2.29. The average molecular weight is 392 g/mol. The first-order chi connectivity index (χ1) is 13.9. The number of amides is 1. The molecule has 0 aliphatic rings. The number of fused-ring (bicyclic) bond motifs is 1. The van der Waals surface area contributed by atoms with Crippen LogP contribution in [-0.2, 0) is 17.8 Å². The largest absolute Gasteiger partial charge is 0.467 e. The first-order valence-electron chi connectivity index (χ1n) is 9.34. The van der Waals surface area contributed by atoms with Gasteiger partial charge >= 0.3 is 0 Å². The van der Waals surface area contributed by atoms with Gasteiger partial charge in [0.15, 0.2) is 5.65 Å². The summed E-state index contributed by atoms with van der Waals surface area (Å²) < 4.78 is 20.3. The zero-order valence-electron chi connectivity index (χ0n) is 16.5. The zero-order chi connectivity index (χ0) is 20.5. The van der Waals surface area contributed by atoms with Crippen LogP contribution >= 0.6 is 0 Å². The van der Waals surface area contributed by atoms with Crippen molar-refractivity contribution in [3.05, 3.63) is 76.9 Å². The number of rotatable bonds is 5. The zero-order valence-corrected chi connectivity index (χ0v) is 16.5. The topological polar surface area (TPSA) is 72.4 Å². The molecular weight excluding hydrogens is 371 g/mol. The summed E-state index contributed by atoms with van der Waals surface area (Å²) in [4.78, 5) is 17.2. The van der Waals surface area contributed by atoms with Gasteiger partial charge in [-0.05, 0) is 50.6 Å². The highest BCUT2D eigenvalue weighted by atomic mass is 19.1. The van der Waals surface area contributed by atoms with E-state index in [1.165, 1.54) is 12.1 Å². The molecule has 29 heavy (non-hydrogen) atoms. The first-order valence-corrected chi connectivity index (χ1v) is 9.34. The smallest absolute Gasteiger partial charge is 0.224 e. The molecule has 0 saturated heterocycles. The van der Waals surface area contributed by atoms with Crippen LogP contribution in [0.4, 0.5) is 4.39 Å². The van der Waals surface area contributed by atoms with Gasteiger partial charge in [-0.1, -0.05) is 12.1 Å². The number of nitrogens with one attached hydrogen (secondary N) is 1. The molecule has 0 radical (unpaired) electrons. The number of hydrogen-bond donors (Lipinski definition) is 1. The number of halogens is 1. The van der Waals surface area contributed by atoms with E-state index in [0.717, 1.165) is 33.8 Å². The molecule has 148 valence electrons. The standard InChI is InChI=1S/C22H21FN4O2/c1-13-19(11-20(28)24-12-18-5-4-10-29-18)15(3)27-22(25-13)21(14(2)26-27)16-6-8-17(23)9-7-16/h4-10H,11-12H2,1-3H3,(H,24,28). The molecule has 3 heterocycles. The molecule has 0 unspecified atom stereocenters. The average Bonchev–Trinajstić information content (AvgIpc) is 3.32. The highest BCUT2D eigenvalue weighted by Gasteiger charge is 2.19. The van der Waals surface area contributed by atoms with Crippen molar-refractivity contribution in [1.82, 2.24) is 19.9 Å². The molecule has 1 aromatic carbocycles. The van der Waals surface area contributed by atoms with Gasteiger partial charge in [0.1, 0.15) is 11.6 Å². The van der Waals surface area contributed by atoms with Crippen LogP contribution in [0.2, 0.25) is 0 Å². The fourth-order valence-corrected chi connectivity index (χ4v) is 3.50. The second-order valence-electron chi connectivity index (χ2n) is 7.00. The minimum Gasteiger partial charge on any atom is -0.467 e. The molecule has 4 rings (SSSR count).